The van der Waals surface area contributed by atoms with Crippen molar-refractivity contribution in [3.63, 3.8) is 0 Å². The molecule has 1 aliphatic heterocycles. The second-order valence-corrected chi connectivity index (χ2v) is 7.89. The van der Waals surface area contributed by atoms with Crippen molar-refractivity contribution in [2.75, 3.05) is 49.6 Å². The average molecular weight is 414 g/mol. The number of likely N-dealkylation sites (N-methyl/N-ethyl adjacent to an activating group) is 1. The highest BCUT2D eigenvalue weighted by Gasteiger charge is 2.20. The first-order valence-corrected chi connectivity index (χ1v) is 10.5. The molecule has 0 unspecified atom stereocenters. The molecule has 0 aliphatic carbocycles. The van der Waals surface area contributed by atoms with Gasteiger partial charge in [0.05, 0.1) is 13.2 Å². The van der Waals surface area contributed by atoms with Gasteiger partial charge < -0.3 is 19.9 Å². The number of amides is 2. The Morgan fingerprint density at radius 1 is 1.23 bits per heavy atom. The molecule has 1 aromatic heterocycles. The fourth-order valence-corrected chi connectivity index (χ4v) is 3.46. The van der Waals surface area contributed by atoms with Crippen LogP contribution in [0.5, 0.6) is 0 Å². The molecule has 1 saturated heterocycles. The molecule has 0 atom stereocenters. The summed E-state index contributed by atoms with van der Waals surface area (Å²) in [5.41, 5.74) is 3.08. The van der Waals surface area contributed by atoms with Crippen molar-refractivity contribution in [3.8, 4) is 0 Å². The van der Waals surface area contributed by atoms with E-state index in [4.69, 9.17) is 4.74 Å². The van der Waals surface area contributed by atoms with E-state index in [2.05, 4.69) is 34.3 Å². The fourth-order valence-electron chi connectivity index (χ4n) is 3.46. The van der Waals surface area contributed by atoms with Crippen LogP contribution in [0.3, 0.4) is 0 Å². The third-order valence-corrected chi connectivity index (χ3v) is 5.01. The molecule has 0 radical (unpaired) electrons. The van der Waals surface area contributed by atoms with Gasteiger partial charge in [0, 0.05) is 36.7 Å². The number of benzene rings is 1. The molecule has 8 nitrogen and oxygen atoms in total. The zero-order valence-corrected chi connectivity index (χ0v) is 18.0. The topological polar surface area (TPSA) is 90.6 Å². The number of aromatic amines is 1. The summed E-state index contributed by atoms with van der Waals surface area (Å²) in [6.45, 7) is 9.67. The Kier molecular flexibility index (Phi) is 7.46. The zero-order chi connectivity index (χ0) is 21.5. The lowest BCUT2D eigenvalue weighted by atomic mass is 10.1. The van der Waals surface area contributed by atoms with Crippen LogP contribution in [0.2, 0.25) is 0 Å². The lowest BCUT2D eigenvalue weighted by molar-refractivity contribution is -0.116. The predicted molar refractivity (Wildman–Crippen MR) is 117 cm³/mol. The van der Waals surface area contributed by atoms with Crippen LogP contribution in [0.4, 0.5) is 11.4 Å². The normalized spacial score (nSPS) is 14.1. The summed E-state index contributed by atoms with van der Waals surface area (Å²) in [7, 11) is 0. The Bertz CT molecular complexity index is 841. The molecule has 0 bridgehead atoms. The third-order valence-electron chi connectivity index (χ3n) is 5.01. The van der Waals surface area contributed by atoms with Crippen LogP contribution in [-0.4, -0.2) is 66.3 Å². The first kappa shape index (κ1) is 21.8. The molecule has 2 heterocycles. The highest BCUT2D eigenvalue weighted by Crippen LogP contribution is 2.19. The highest BCUT2D eigenvalue weighted by atomic mass is 16.5. The molecular weight excluding hydrogens is 382 g/mol. The number of carbonyl (C=O) groups is 2. The van der Waals surface area contributed by atoms with E-state index in [1.165, 1.54) is 4.90 Å². The predicted octanol–water partition coefficient (Wildman–Crippen LogP) is 2.55. The van der Waals surface area contributed by atoms with Crippen LogP contribution >= 0.6 is 0 Å². The molecule has 2 N–H and O–H groups in total. The van der Waals surface area contributed by atoms with Crippen LogP contribution < -0.4 is 10.2 Å². The summed E-state index contributed by atoms with van der Waals surface area (Å²) >= 11 is 0. The van der Waals surface area contributed by atoms with Crippen molar-refractivity contribution in [3.05, 3.63) is 41.7 Å². The Labute approximate surface area is 177 Å². The second kappa shape index (κ2) is 10.2. The number of nitrogens with one attached hydrogen (secondary N) is 2. The van der Waals surface area contributed by atoms with Crippen molar-refractivity contribution in [1.29, 1.82) is 0 Å². The minimum Gasteiger partial charge on any atom is -0.378 e. The van der Waals surface area contributed by atoms with Gasteiger partial charge in [-0.15, -0.1) is 0 Å². The Morgan fingerprint density at radius 2 is 1.93 bits per heavy atom. The molecule has 30 heavy (non-hydrogen) atoms. The number of H-pyrrole nitrogens is 1. The van der Waals surface area contributed by atoms with Crippen LogP contribution in [-0.2, 0) is 16.0 Å². The van der Waals surface area contributed by atoms with Gasteiger partial charge in [-0.25, -0.2) is 0 Å². The molecular formula is C22H31N5O3. The van der Waals surface area contributed by atoms with Crippen LogP contribution in [0.15, 0.2) is 30.3 Å². The smallest absolute Gasteiger partial charge is 0.274 e. The van der Waals surface area contributed by atoms with Gasteiger partial charge in [0.2, 0.25) is 5.91 Å². The minimum absolute atomic E-state index is 0.0209. The number of carbonyl (C=O) groups excluding carboxylic acids is 2. The molecule has 0 saturated carbocycles. The summed E-state index contributed by atoms with van der Waals surface area (Å²) in [6, 6.07) is 9.51. The summed E-state index contributed by atoms with van der Waals surface area (Å²) in [5.74, 6) is -0.0140. The summed E-state index contributed by atoms with van der Waals surface area (Å²) < 4.78 is 5.38. The van der Waals surface area contributed by atoms with Crippen molar-refractivity contribution in [2.45, 2.75) is 27.2 Å². The molecule has 3 rings (SSSR count). The number of ether oxygens (including phenoxy) is 1. The number of nitrogens with zero attached hydrogens (tertiary/aromatic N) is 3. The number of morpholine rings is 1. The average Bonchev–Trinajstić information content (AvgIpc) is 3.20. The molecule has 8 heteroatoms. The van der Waals surface area contributed by atoms with Crippen LogP contribution in [0, 0.1) is 5.92 Å². The molecule has 1 aromatic carbocycles. The van der Waals surface area contributed by atoms with Crippen molar-refractivity contribution >= 4 is 23.2 Å². The molecule has 2 aromatic rings. The lowest BCUT2D eigenvalue weighted by Crippen LogP contribution is -2.38. The van der Waals surface area contributed by atoms with Crippen molar-refractivity contribution in [1.82, 2.24) is 15.1 Å². The van der Waals surface area contributed by atoms with E-state index < -0.39 is 0 Å². The maximum atomic E-state index is 12.7. The number of hydrogen-bond acceptors (Lipinski definition) is 5. The lowest BCUT2D eigenvalue weighted by Gasteiger charge is -2.29. The Hall–Kier alpha value is -2.87. The summed E-state index contributed by atoms with van der Waals surface area (Å²) in [5, 5.41) is 9.90. The fraction of sp³-hybridized carbons (Fsp3) is 0.500. The monoisotopic (exact) mass is 413 g/mol. The summed E-state index contributed by atoms with van der Waals surface area (Å²) in [6.07, 6.45) is 0.827. The van der Waals surface area contributed by atoms with Crippen LogP contribution in [0.1, 0.15) is 37.0 Å². The number of rotatable bonds is 8. The van der Waals surface area contributed by atoms with E-state index in [9.17, 15) is 9.59 Å². The van der Waals surface area contributed by atoms with Gasteiger partial charge in [0.25, 0.3) is 5.91 Å². The third kappa shape index (κ3) is 5.82. The standard InChI is InChI=1S/C22H31N5O3/c1-4-26(22(29)20-14-18(24-25-20)13-16(2)3)15-21(28)23-17-5-7-19(8-6-17)27-9-11-30-12-10-27/h5-8,14,16H,4,9-13,15H2,1-3H3,(H,23,28)(H,24,25). The number of hydrogen-bond donors (Lipinski definition) is 2. The van der Waals surface area contributed by atoms with Gasteiger partial charge in [-0.2, -0.15) is 5.10 Å². The SMILES string of the molecule is CCN(CC(=O)Nc1ccc(N2CCOCC2)cc1)C(=O)c1cc(CC(C)C)[nH]n1. The van der Waals surface area contributed by atoms with Crippen LogP contribution in [0.25, 0.3) is 0 Å². The van der Waals surface area contributed by atoms with E-state index >= 15 is 0 Å². The second-order valence-electron chi connectivity index (χ2n) is 7.89. The first-order valence-electron chi connectivity index (χ1n) is 10.5. The quantitative estimate of drug-likeness (QED) is 0.694. The molecule has 2 amide bonds. The summed E-state index contributed by atoms with van der Waals surface area (Å²) in [4.78, 5) is 29.0. The molecule has 162 valence electrons. The van der Waals surface area contributed by atoms with Gasteiger partial charge in [-0.05, 0) is 49.6 Å². The largest absolute Gasteiger partial charge is 0.378 e. The van der Waals surface area contributed by atoms with Gasteiger partial charge in [-0.1, -0.05) is 13.8 Å². The van der Waals surface area contributed by atoms with E-state index in [-0.39, 0.29) is 18.4 Å². The maximum absolute atomic E-state index is 12.7. The van der Waals surface area contributed by atoms with Gasteiger partial charge >= 0.3 is 0 Å². The minimum atomic E-state index is -0.249. The first-order chi connectivity index (χ1) is 14.5. The molecule has 1 aliphatic rings. The molecule has 1 fully saturated rings. The Balaban J connectivity index is 1.55. The number of aromatic nitrogens is 2. The van der Waals surface area contributed by atoms with Crippen molar-refractivity contribution < 1.29 is 14.3 Å². The Morgan fingerprint density at radius 3 is 2.57 bits per heavy atom. The highest BCUT2D eigenvalue weighted by molar-refractivity contribution is 5.98. The van der Waals surface area contributed by atoms with E-state index in [0.29, 0.717) is 23.8 Å². The molecule has 0 spiro atoms. The van der Waals surface area contributed by atoms with Gasteiger partial charge in [0.1, 0.15) is 12.2 Å². The number of anilines is 2. The maximum Gasteiger partial charge on any atom is 0.274 e. The van der Waals surface area contributed by atoms with E-state index in [1.54, 1.807) is 6.07 Å². The van der Waals surface area contributed by atoms with Gasteiger partial charge in [-0.3, -0.25) is 14.7 Å². The van der Waals surface area contributed by atoms with Crippen molar-refractivity contribution in [2.24, 2.45) is 5.92 Å². The van der Waals surface area contributed by atoms with Gasteiger partial charge in [0.15, 0.2) is 0 Å². The van der Waals surface area contributed by atoms with E-state index in [0.717, 1.165) is 44.1 Å². The zero-order valence-electron chi connectivity index (χ0n) is 18.0. The van der Waals surface area contributed by atoms with E-state index in [1.807, 2.05) is 31.2 Å².